The van der Waals surface area contributed by atoms with Crippen molar-refractivity contribution in [3.05, 3.63) is 52.5 Å². The molecule has 7 nitrogen and oxygen atoms in total. The second-order valence-electron chi connectivity index (χ2n) is 6.58. The summed E-state index contributed by atoms with van der Waals surface area (Å²) in [5, 5.41) is 0.442. The number of ether oxygens (including phenoxy) is 4. The topological polar surface area (TPSA) is 88.1 Å². The molecule has 0 amide bonds. The van der Waals surface area contributed by atoms with Crippen molar-refractivity contribution in [3.63, 3.8) is 0 Å². The summed E-state index contributed by atoms with van der Waals surface area (Å²) in [6.07, 6.45) is 0.552. The lowest BCUT2D eigenvalue weighted by molar-refractivity contribution is -0.148. The molecule has 0 radical (unpaired) electrons. The van der Waals surface area contributed by atoms with Crippen molar-refractivity contribution in [2.24, 2.45) is 0 Å². The van der Waals surface area contributed by atoms with E-state index in [1.54, 1.807) is 31.2 Å². The summed E-state index contributed by atoms with van der Waals surface area (Å²) in [5.74, 6) is -0.487. The Balaban J connectivity index is 2.78. The lowest BCUT2D eigenvalue weighted by atomic mass is 9.71. The maximum Gasteiger partial charge on any atom is 0.324 e. The number of carbonyl (C=O) groups is 3. The highest BCUT2D eigenvalue weighted by Gasteiger charge is 2.49. The molecule has 0 heterocycles. The van der Waals surface area contributed by atoms with E-state index in [1.165, 1.54) is 33.5 Å². The number of hydrogen-bond donors (Lipinski definition) is 0. The Kier molecular flexibility index (Phi) is 8.45. The van der Waals surface area contributed by atoms with Gasteiger partial charge in [0.15, 0.2) is 22.7 Å². The van der Waals surface area contributed by atoms with Crippen LogP contribution in [-0.4, -0.2) is 46.0 Å². The molecule has 0 aromatic heterocycles. The van der Waals surface area contributed by atoms with Crippen LogP contribution < -0.4 is 14.2 Å². The number of halogens is 1. The third kappa shape index (κ3) is 4.82. The van der Waals surface area contributed by atoms with Gasteiger partial charge in [-0.25, -0.2) is 0 Å². The van der Waals surface area contributed by atoms with E-state index in [0.29, 0.717) is 22.6 Å². The van der Waals surface area contributed by atoms with Gasteiger partial charge in [-0.2, -0.15) is 0 Å². The van der Waals surface area contributed by atoms with Crippen LogP contribution in [0.5, 0.6) is 17.2 Å². The molecule has 1 unspecified atom stereocenters. The van der Waals surface area contributed by atoms with Crippen molar-refractivity contribution in [2.75, 3.05) is 27.9 Å². The fourth-order valence-corrected chi connectivity index (χ4v) is 3.55. The molecule has 2 rings (SSSR count). The molecule has 0 saturated heterocycles. The lowest BCUT2D eigenvalue weighted by Crippen LogP contribution is -2.45. The van der Waals surface area contributed by atoms with E-state index < -0.39 is 17.2 Å². The number of benzene rings is 2. The van der Waals surface area contributed by atoms with Gasteiger partial charge in [-0.1, -0.05) is 23.7 Å². The summed E-state index contributed by atoms with van der Waals surface area (Å²) in [5.41, 5.74) is -1.24. The Hall–Kier alpha value is -3.06. The summed E-state index contributed by atoms with van der Waals surface area (Å²) in [7, 11) is 4.30. The molecule has 0 aliphatic rings. The van der Waals surface area contributed by atoms with Gasteiger partial charge in [-0.3, -0.25) is 9.59 Å². The third-order valence-corrected chi connectivity index (χ3v) is 5.16. The largest absolute Gasteiger partial charge is 0.493 e. The third-order valence-electron chi connectivity index (χ3n) is 4.91. The van der Waals surface area contributed by atoms with Crippen molar-refractivity contribution in [1.29, 1.82) is 0 Å². The molecule has 2 aromatic rings. The molecule has 0 spiro atoms. The zero-order chi connectivity index (χ0) is 23.0. The van der Waals surface area contributed by atoms with Gasteiger partial charge in [0.25, 0.3) is 0 Å². The van der Waals surface area contributed by atoms with Gasteiger partial charge in [0, 0.05) is 17.0 Å². The highest BCUT2D eigenvalue weighted by Crippen LogP contribution is 2.42. The van der Waals surface area contributed by atoms with Crippen LogP contribution in [0, 0.1) is 0 Å². The van der Waals surface area contributed by atoms with E-state index in [-0.39, 0.29) is 36.5 Å². The lowest BCUT2D eigenvalue weighted by Gasteiger charge is -2.30. The summed E-state index contributed by atoms with van der Waals surface area (Å²) in [6.45, 7) is 1.71. The molecule has 8 heteroatoms. The van der Waals surface area contributed by atoms with Crippen molar-refractivity contribution < 1.29 is 33.3 Å². The van der Waals surface area contributed by atoms with Gasteiger partial charge in [0.1, 0.15) is 6.29 Å². The first kappa shape index (κ1) is 24.2. The maximum absolute atomic E-state index is 13.9. The van der Waals surface area contributed by atoms with Gasteiger partial charge in [0.05, 0.1) is 27.9 Å². The fourth-order valence-electron chi connectivity index (χ4n) is 3.42. The predicted octanol–water partition coefficient (Wildman–Crippen LogP) is 4.03. The van der Waals surface area contributed by atoms with Crippen molar-refractivity contribution >= 4 is 29.6 Å². The first-order valence-electron chi connectivity index (χ1n) is 9.61. The zero-order valence-corrected chi connectivity index (χ0v) is 18.7. The Morgan fingerprint density at radius 2 is 1.58 bits per heavy atom. The fraction of sp³-hybridized carbons (Fsp3) is 0.348. The molecule has 1 atom stereocenters. The average Bonchev–Trinajstić information content (AvgIpc) is 2.79. The van der Waals surface area contributed by atoms with Crippen LogP contribution in [0.1, 0.15) is 35.7 Å². The number of carbonyl (C=O) groups excluding carboxylic acids is 3. The molecule has 0 fully saturated rings. The van der Waals surface area contributed by atoms with Gasteiger partial charge in [-0.05, 0) is 43.2 Å². The minimum atomic E-state index is -1.76. The summed E-state index contributed by atoms with van der Waals surface area (Å²) >= 11 is 6.01. The van der Waals surface area contributed by atoms with Crippen LogP contribution in [0.15, 0.2) is 36.4 Å². The normalized spacial score (nSPS) is 12.4. The van der Waals surface area contributed by atoms with Crippen LogP contribution in [0.3, 0.4) is 0 Å². The van der Waals surface area contributed by atoms with E-state index in [2.05, 4.69) is 0 Å². The molecule has 2 aromatic carbocycles. The Bertz CT molecular complexity index is 914. The van der Waals surface area contributed by atoms with E-state index in [1.807, 2.05) is 0 Å². The second kappa shape index (κ2) is 10.8. The Morgan fingerprint density at radius 3 is 2.03 bits per heavy atom. The molecular formula is C23H25ClO7. The van der Waals surface area contributed by atoms with Gasteiger partial charge >= 0.3 is 5.97 Å². The smallest absolute Gasteiger partial charge is 0.324 e. The molecule has 0 aliphatic heterocycles. The maximum atomic E-state index is 13.9. The minimum Gasteiger partial charge on any atom is -0.493 e. The Morgan fingerprint density at radius 1 is 1.00 bits per heavy atom. The first-order chi connectivity index (χ1) is 14.9. The second-order valence-corrected chi connectivity index (χ2v) is 7.02. The molecule has 0 aliphatic carbocycles. The number of aldehydes is 1. The number of rotatable bonds is 11. The summed E-state index contributed by atoms with van der Waals surface area (Å²) < 4.78 is 21.3. The molecular weight excluding hydrogens is 424 g/mol. The SMILES string of the molecule is CCOC(=O)C(CCC=O)(C(=O)c1cc(OC)c(OC)c(OC)c1)c1ccc(Cl)cc1. The summed E-state index contributed by atoms with van der Waals surface area (Å²) in [6, 6.07) is 9.26. The van der Waals surface area contributed by atoms with Crippen LogP contribution in [0.25, 0.3) is 0 Å². The van der Waals surface area contributed by atoms with Crippen molar-refractivity contribution in [3.8, 4) is 17.2 Å². The van der Waals surface area contributed by atoms with E-state index in [0.717, 1.165) is 0 Å². The number of ketones is 1. The van der Waals surface area contributed by atoms with E-state index in [4.69, 9.17) is 30.5 Å². The average molecular weight is 449 g/mol. The zero-order valence-electron chi connectivity index (χ0n) is 17.9. The van der Waals surface area contributed by atoms with Crippen LogP contribution >= 0.6 is 11.6 Å². The van der Waals surface area contributed by atoms with Crippen LogP contribution in [-0.2, 0) is 19.7 Å². The highest BCUT2D eigenvalue weighted by atomic mass is 35.5. The van der Waals surface area contributed by atoms with Gasteiger partial charge in [0.2, 0.25) is 5.75 Å². The summed E-state index contributed by atoms with van der Waals surface area (Å²) in [4.78, 5) is 38.4. The minimum absolute atomic E-state index is 0.0302. The molecule has 31 heavy (non-hydrogen) atoms. The van der Waals surface area contributed by atoms with E-state index >= 15 is 0 Å². The van der Waals surface area contributed by atoms with Crippen LogP contribution in [0.2, 0.25) is 5.02 Å². The van der Waals surface area contributed by atoms with Crippen molar-refractivity contribution in [1.82, 2.24) is 0 Å². The van der Waals surface area contributed by atoms with Gasteiger partial charge in [-0.15, -0.1) is 0 Å². The standard InChI is InChI=1S/C23H25ClO7/c1-5-31-22(27)23(11-6-12-25,16-7-9-17(24)10-8-16)21(26)15-13-18(28-2)20(30-4)19(14-15)29-3/h7-10,12-14H,5-6,11H2,1-4H3. The number of hydrogen-bond acceptors (Lipinski definition) is 7. The quantitative estimate of drug-likeness (QED) is 0.222. The van der Waals surface area contributed by atoms with Gasteiger partial charge < -0.3 is 23.7 Å². The first-order valence-corrected chi connectivity index (χ1v) is 9.99. The molecule has 166 valence electrons. The monoisotopic (exact) mass is 448 g/mol. The van der Waals surface area contributed by atoms with E-state index in [9.17, 15) is 14.4 Å². The number of esters is 1. The van der Waals surface area contributed by atoms with Crippen molar-refractivity contribution in [2.45, 2.75) is 25.2 Å². The molecule has 0 bridgehead atoms. The Labute approximate surface area is 186 Å². The predicted molar refractivity (Wildman–Crippen MR) is 115 cm³/mol. The highest BCUT2D eigenvalue weighted by molar-refractivity contribution is 6.30. The van der Waals surface area contributed by atoms with Crippen LogP contribution in [0.4, 0.5) is 0 Å². The molecule has 0 N–H and O–H groups in total. The molecule has 0 saturated carbocycles. The number of methoxy groups -OCH3 is 3. The number of Topliss-reactive ketones (excluding diaryl/α,β-unsaturated/α-hetero) is 1.